The van der Waals surface area contributed by atoms with Crippen LogP contribution in [-0.2, 0) is 38.0 Å². The molecule has 4 fully saturated rings. The zero-order valence-corrected chi connectivity index (χ0v) is 28.8. The molecule has 0 radical (unpaired) electrons. The first-order valence-electron chi connectivity index (χ1n) is 17.6. The molecule has 0 aromatic carbocycles. The van der Waals surface area contributed by atoms with E-state index in [9.17, 15) is 45.3 Å². The van der Waals surface area contributed by atoms with E-state index in [0.29, 0.717) is 12.8 Å². The third-order valence-electron chi connectivity index (χ3n) is 10.6. The Hall–Kier alpha value is -1.54. The van der Waals surface area contributed by atoms with Crippen molar-refractivity contribution in [3.05, 3.63) is 0 Å². The van der Waals surface area contributed by atoms with Crippen LogP contribution in [0, 0.1) is 17.8 Å². The fraction of sp³-hybridized carbons (Fsp3) is 0.939. The first kappa shape index (κ1) is 40.2. The van der Waals surface area contributed by atoms with Crippen LogP contribution in [-0.4, -0.2) is 147 Å². The number of nitrogens with one attached hydrogen (secondary N) is 1. The van der Waals surface area contributed by atoms with E-state index in [0.717, 1.165) is 32.1 Å². The number of ether oxygens (including phenoxy) is 6. The Morgan fingerprint density at radius 3 is 2.20 bits per heavy atom. The van der Waals surface area contributed by atoms with Crippen molar-refractivity contribution in [2.75, 3.05) is 13.7 Å². The summed E-state index contributed by atoms with van der Waals surface area (Å²) < 4.78 is 35.8. The first-order valence-corrected chi connectivity index (χ1v) is 17.6. The molecule has 49 heavy (non-hydrogen) atoms. The lowest BCUT2D eigenvalue weighted by atomic mass is 9.76. The Morgan fingerprint density at radius 2 is 1.61 bits per heavy atom. The number of carbonyl (C=O) groups excluding carboxylic acids is 1. The van der Waals surface area contributed by atoms with E-state index in [-0.39, 0.29) is 24.7 Å². The molecule has 2 saturated heterocycles. The summed E-state index contributed by atoms with van der Waals surface area (Å²) in [5, 5.41) is 76.4. The average molecular weight is 708 g/mol. The molecular formula is C33H57NO15. The summed E-state index contributed by atoms with van der Waals surface area (Å²) in [4.78, 5) is 25.3. The zero-order chi connectivity index (χ0) is 36.0. The third kappa shape index (κ3) is 9.87. The molecule has 10 unspecified atom stereocenters. The van der Waals surface area contributed by atoms with Crippen molar-refractivity contribution in [2.45, 2.75) is 164 Å². The fourth-order valence-corrected chi connectivity index (χ4v) is 7.79. The van der Waals surface area contributed by atoms with Gasteiger partial charge in [0.2, 0.25) is 0 Å². The second kappa shape index (κ2) is 18.3. The highest BCUT2D eigenvalue weighted by Gasteiger charge is 2.52. The van der Waals surface area contributed by atoms with Gasteiger partial charge >= 0.3 is 11.9 Å². The molecule has 2 saturated carbocycles. The summed E-state index contributed by atoms with van der Waals surface area (Å²) in [5.41, 5.74) is 0. The van der Waals surface area contributed by atoms with Crippen molar-refractivity contribution in [3.8, 4) is 0 Å². The molecular weight excluding hydrogens is 650 g/mol. The van der Waals surface area contributed by atoms with Crippen LogP contribution < -0.4 is 5.32 Å². The number of aliphatic hydroxyl groups is 6. The van der Waals surface area contributed by atoms with Gasteiger partial charge in [-0.25, -0.2) is 4.79 Å². The van der Waals surface area contributed by atoms with Crippen molar-refractivity contribution < 1.29 is 73.8 Å². The summed E-state index contributed by atoms with van der Waals surface area (Å²) in [6.07, 6.45) is -10.7. The Balaban J connectivity index is 1.65. The number of aliphatic carboxylic acids is 1. The smallest absolute Gasteiger partial charge is 0.332 e. The summed E-state index contributed by atoms with van der Waals surface area (Å²) >= 11 is 0. The predicted molar refractivity (Wildman–Crippen MR) is 168 cm³/mol. The highest BCUT2D eigenvalue weighted by atomic mass is 16.7. The lowest BCUT2D eigenvalue weighted by Crippen LogP contribution is -2.67. The minimum atomic E-state index is -1.61. The summed E-state index contributed by atoms with van der Waals surface area (Å²) in [6.45, 7) is 4.16. The Labute approximate surface area is 287 Å². The maximum Gasteiger partial charge on any atom is 0.332 e. The van der Waals surface area contributed by atoms with E-state index < -0.39 is 110 Å². The van der Waals surface area contributed by atoms with Gasteiger partial charge in [-0.2, -0.15) is 0 Å². The maximum atomic E-state index is 12.8. The van der Waals surface area contributed by atoms with Gasteiger partial charge in [-0.3, -0.25) is 10.1 Å². The normalized spacial score (nSPS) is 41.9. The fourth-order valence-electron chi connectivity index (χ4n) is 7.79. The number of methoxy groups -OCH3 is 1. The number of esters is 1. The Morgan fingerprint density at radius 1 is 0.918 bits per heavy atom. The van der Waals surface area contributed by atoms with Crippen molar-refractivity contribution in [3.63, 3.8) is 0 Å². The minimum Gasteiger partial charge on any atom is -0.479 e. The van der Waals surface area contributed by atoms with Crippen LogP contribution in [0.4, 0.5) is 0 Å². The average Bonchev–Trinajstić information content (AvgIpc) is 3.08. The maximum absolute atomic E-state index is 12.8. The highest BCUT2D eigenvalue weighted by Crippen LogP contribution is 2.40. The van der Waals surface area contributed by atoms with Gasteiger partial charge in [-0.15, -0.1) is 0 Å². The van der Waals surface area contributed by atoms with E-state index in [1.165, 1.54) is 21.0 Å². The number of hydrogen-bond donors (Lipinski definition) is 8. The zero-order valence-electron chi connectivity index (χ0n) is 28.8. The minimum absolute atomic E-state index is 0.0515. The second-order valence-corrected chi connectivity index (χ2v) is 14.1. The quantitative estimate of drug-likeness (QED) is 0.0828. The van der Waals surface area contributed by atoms with Gasteiger partial charge in [0.1, 0.15) is 42.9 Å². The molecule has 2 aliphatic heterocycles. The second-order valence-electron chi connectivity index (χ2n) is 14.1. The Bertz CT molecular complexity index is 1050. The molecule has 2 aliphatic carbocycles. The Kier molecular flexibility index (Phi) is 15.0. The molecule has 16 heteroatoms. The van der Waals surface area contributed by atoms with Crippen LogP contribution in [0.15, 0.2) is 0 Å². The number of hydrogen-bond acceptors (Lipinski definition) is 15. The number of carboxylic acids is 1. The molecule has 284 valence electrons. The van der Waals surface area contributed by atoms with Crippen LogP contribution in [0.2, 0.25) is 0 Å². The number of carbonyl (C=O) groups is 2. The molecule has 8 N–H and O–H groups in total. The van der Waals surface area contributed by atoms with Gasteiger partial charge in [-0.1, -0.05) is 45.4 Å². The molecule has 4 aliphatic rings. The molecule has 0 aromatic heterocycles. The van der Waals surface area contributed by atoms with Crippen molar-refractivity contribution in [2.24, 2.45) is 17.8 Å². The molecule has 4 rings (SSSR count). The van der Waals surface area contributed by atoms with Gasteiger partial charge in [0.05, 0.1) is 44.0 Å². The van der Waals surface area contributed by atoms with Crippen molar-refractivity contribution in [1.82, 2.24) is 5.32 Å². The molecule has 16 nitrogen and oxygen atoms in total. The summed E-state index contributed by atoms with van der Waals surface area (Å²) in [7, 11) is 1.27. The van der Waals surface area contributed by atoms with E-state index in [1.807, 2.05) is 6.92 Å². The van der Waals surface area contributed by atoms with E-state index in [2.05, 4.69) is 5.32 Å². The van der Waals surface area contributed by atoms with E-state index in [1.54, 1.807) is 0 Å². The van der Waals surface area contributed by atoms with Gasteiger partial charge in [0.15, 0.2) is 18.7 Å². The topological polar surface area (TPSA) is 243 Å². The lowest BCUT2D eigenvalue weighted by Gasteiger charge is -2.49. The molecule has 0 bridgehead atoms. The van der Waals surface area contributed by atoms with Gasteiger partial charge < -0.3 is 64.2 Å². The molecule has 0 aromatic rings. The number of aliphatic hydroxyl groups excluding tert-OH is 6. The molecule has 0 amide bonds. The van der Waals surface area contributed by atoms with Crippen LogP contribution >= 0.6 is 0 Å². The van der Waals surface area contributed by atoms with Crippen molar-refractivity contribution >= 4 is 11.9 Å². The summed E-state index contributed by atoms with van der Waals surface area (Å²) in [6, 6.07) is -1.17. The van der Waals surface area contributed by atoms with Gasteiger partial charge in [0.25, 0.3) is 0 Å². The van der Waals surface area contributed by atoms with Gasteiger partial charge in [0, 0.05) is 0 Å². The number of carboxylic acid groups (broad SMARTS) is 1. The van der Waals surface area contributed by atoms with Crippen LogP contribution in [0.1, 0.15) is 78.6 Å². The first-order chi connectivity index (χ1) is 23.3. The summed E-state index contributed by atoms with van der Waals surface area (Å²) in [5.74, 6) is -2.56. The SMILES string of the molecule is CCC1CC(C(=O)OC)C[C@@H](O[C@@H]2OC(CO)[C@H](O)C(O[C@@H](CC3CCCCC3)C(=O)O)C2NC(C)O)C1OC1O[C@@H](C)C(O)C(O)[C@@H]1O. The van der Waals surface area contributed by atoms with Gasteiger partial charge in [-0.05, 0) is 44.9 Å². The molecule has 0 spiro atoms. The monoisotopic (exact) mass is 707 g/mol. The predicted octanol–water partition coefficient (Wildman–Crippen LogP) is -0.623. The standard InChI is InChI=1S/C33H57NO15/c1-5-18-12-19(31(43)44-4)13-20(28(18)49-33-27(40)26(39)24(37)15(2)45-33)47-32-23(34-16(3)36)29(25(38)22(14-35)48-32)46-21(30(41)42)11-17-9-7-6-8-10-17/h15-29,32-40H,5-14H2,1-4H3,(H,41,42)/t15-,16?,18?,19?,20+,21-,22?,23?,24?,25-,26?,27-,28?,29?,32+,33?/m0/s1. The lowest BCUT2D eigenvalue weighted by molar-refractivity contribution is -0.340. The van der Waals surface area contributed by atoms with Crippen molar-refractivity contribution in [1.29, 1.82) is 0 Å². The van der Waals surface area contributed by atoms with E-state index >= 15 is 0 Å². The highest BCUT2D eigenvalue weighted by molar-refractivity contribution is 5.72. The number of rotatable bonds is 14. The molecule has 16 atom stereocenters. The largest absolute Gasteiger partial charge is 0.479 e. The molecule has 2 heterocycles. The van der Waals surface area contributed by atoms with Crippen LogP contribution in [0.5, 0.6) is 0 Å². The third-order valence-corrected chi connectivity index (χ3v) is 10.6. The van der Waals surface area contributed by atoms with E-state index in [4.69, 9.17) is 28.4 Å². The van der Waals surface area contributed by atoms with Crippen LogP contribution in [0.3, 0.4) is 0 Å². The van der Waals surface area contributed by atoms with Crippen LogP contribution in [0.25, 0.3) is 0 Å².